The van der Waals surface area contributed by atoms with E-state index in [-0.39, 0.29) is 6.04 Å². The smallest absolute Gasteiger partial charge is 0.209 e. The quantitative estimate of drug-likeness (QED) is 0.828. The molecule has 0 radical (unpaired) electrons. The number of sulfonamides is 1. The maximum atomic E-state index is 11.2. The number of nitrogens with one attached hydrogen (secondary N) is 1. The molecule has 1 aromatic rings. The molecule has 1 heterocycles. The Morgan fingerprint density at radius 2 is 2.25 bits per heavy atom. The van der Waals surface area contributed by atoms with Gasteiger partial charge in [0.05, 0.1) is 6.26 Å². The molecule has 0 saturated heterocycles. The summed E-state index contributed by atoms with van der Waals surface area (Å²) in [6.45, 7) is 2.08. The fourth-order valence-corrected chi connectivity index (χ4v) is 2.31. The van der Waals surface area contributed by atoms with Gasteiger partial charge in [0.1, 0.15) is 0 Å². The number of pyridine rings is 1. The first-order valence-corrected chi connectivity index (χ1v) is 7.29. The molecule has 0 aliphatic heterocycles. The van der Waals surface area contributed by atoms with Gasteiger partial charge in [-0.1, -0.05) is 25.8 Å². The molecule has 0 aliphatic rings. The molecule has 4 nitrogen and oxygen atoms in total. The third-order valence-corrected chi connectivity index (χ3v) is 3.00. The van der Waals surface area contributed by atoms with Crippen LogP contribution >= 0.6 is 0 Å². The minimum absolute atomic E-state index is 0.163. The molecule has 0 amide bonds. The van der Waals surface area contributed by atoms with E-state index in [0.717, 1.165) is 24.8 Å². The zero-order valence-electron chi connectivity index (χ0n) is 9.68. The van der Waals surface area contributed by atoms with Gasteiger partial charge >= 0.3 is 0 Å². The van der Waals surface area contributed by atoms with Gasteiger partial charge in [-0.2, -0.15) is 0 Å². The average Bonchev–Trinajstić information content (AvgIpc) is 2.24. The summed E-state index contributed by atoms with van der Waals surface area (Å²) < 4.78 is 25.1. The Kier molecular flexibility index (Phi) is 4.89. The van der Waals surface area contributed by atoms with E-state index in [0.29, 0.717) is 0 Å². The van der Waals surface area contributed by atoms with Crippen LogP contribution in [-0.4, -0.2) is 19.7 Å². The van der Waals surface area contributed by atoms with Crippen LogP contribution in [-0.2, 0) is 10.0 Å². The Morgan fingerprint density at radius 3 is 2.75 bits per heavy atom. The van der Waals surface area contributed by atoms with E-state index in [2.05, 4.69) is 16.6 Å². The summed E-state index contributed by atoms with van der Waals surface area (Å²) in [5, 5.41) is 0. The van der Waals surface area contributed by atoms with Crippen molar-refractivity contribution >= 4 is 10.0 Å². The van der Waals surface area contributed by atoms with Crippen LogP contribution in [0.25, 0.3) is 0 Å². The molecule has 0 aliphatic carbocycles. The summed E-state index contributed by atoms with van der Waals surface area (Å²) in [4.78, 5) is 4.01. The van der Waals surface area contributed by atoms with Crippen LogP contribution in [0.15, 0.2) is 24.5 Å². The molecule has 5 heteroatoms. The molecule has 1 unspecified atom stereocenters. The lowest BCUT2D eigenvalue weighted by Crippen LogP contribution is -2.27. The highest BCUT2D eigenvalue weighted by atomic mass is 32.2. The Balaban J connectivity index is 2.79. The van der Waals surface area contributed by atoms with Crippen molar-refractivity contribution in [3.8, 4) is 0 Å². The van der Waals surface area contributed by atoms with Crippen LogP contribution in [0.5, 0.6) is 0 Å². The summed E-state index contributed by atoms with van der Waals surface area (Å²) in [6, 6.07) is 3.55. The second kappa shape index (κ2) is 5.96. The molecule has 0 spiro atoms. The second-order valence-electron chi connectivity index (χ2n) is 3.87. The van der Waals surface area contributed by atoms with Crippen LogP contribution in [0.2, 0.25) is 0 Å². The Morgan fingerprint density at radius 1 is 1.50 bits per heavy atom. The third kappa shape index (κ3) is 4.72. The van der Waals surface area contributed by atoms with Crippen LogP contribution < -0.4 is 4.72 Å². The molecular formula is C11H18N2O2S. The van der Waals surface area contributed by atoms with Crippen molar-refractivity contribution in [3.63, 3.8) is 0 Å². The largest absolute Gasteiger partial charge is 0.264 e. The van der Waals surface area contributed by atoms with Crippen molar-refractivity contribution in [2.75, 3.05) is 6.26 Å². The van der Waals surface area contributed by atoms with Crippen molar-refractivity contribution in [1.82, 2.24) is 9.71 Å². The molecule has 1 N–H and O–H groups in total. The molecule has 0 saturated carbocycles. The minimum atomic E-state index is -3.18. The van der Waals surface area contributed by atoms with Gasteiger partial charge in [0.2, 0.25) is 10.0 Å². The molecule has 16 heavy (non-hydrogen) atoms. The van der Waals surface area contributed by atoms with Gasteiger partial charge in [0.15, 0.2) is 0 Å². The lowest BCUT2D eigenvalue weighted by atomic mass is 10.0. The molecule has 0 bridgehead atoms. The monoisotopic (exact) mass is 242 g/mol. The normalized spacial score (nSPS) is 13.6. The highest BCUT2D eigenvalue weighted by molar-refractivity contribution is 7.88. The number of hydrogen-bond donors (Lipinski definition) is 1. The average molecular weight is 242 g/mol. The van der Waals surface area contributed by atoms with Crippen molar-refractivity contribution in [2.45, 2.75) is 32.2 Å². The predicted octanol–water partition coefficient (Wildman–Crippen LogP) is 1.86. The van der Waals surface area contributed by atoms with Gasteiger partial charge in [0, 0.05) is 18.4 Å². The van der Waals surface area contributed by atoms with E-state index in [9.17, 15) is 8.42 Å². The van der Waals surface area contributed by atoms with Gasteiger partial charge in [-0.15, -0.1) is 0 Å². The highest BCUT2D eigenvalue weighted by Gasteiger charge is 2.15. The lowest BCUT2D eigenvalue weighted by molar-refractivity contribution is 0.528. The molecule has 1 rings (SSSR count). The summed E-state index contributed by atoms with van der Waals surface area (Å²) in [5.74, 6) is 0. The molecule has 1 aromatic heterocycles. The van der Waals surface area contributed by atoms with Crippen molar-refractivity contribution < 1.29 is 8.42 Å². The number of rotatable bonds is 6. The fraction of sp³-hybridized carbons (Fsp3) is 0.545. The van der Waals surface area contributed by atoms with E-state index >= 15 is 0 Å². The first-order chi connectivity index (χ1) is 7.53. The zero-order valence-corrected chi connectivity index (χ0v) is 10.5. The summed E-state index contributed by atoms with van der Waals surface area (Å²) in [6.07, 6.45) is 7.40. The van der Waals surface area contributed by atoms with E-state index < -0.39 is 10.0 Å². The molecule has 0 aromatic carbocycles. The predicted molar refractivity (Wildman–Crippen MR) is 64.5 cm³/mol. The van der Waals surface area contributed by atoms with Gasteiger partial charge < -0.3 is 0 Å². The van der Waals surface area contributed by atoms with E-state index in [1.54, 1.807) is 12.4 Å². The van der Waals surface area contributed by atoms with Crippen molar-refractivity contribution in [3.05, 3.63) is 30.1 Å². The van der Waals surface area contributed by atoms with Crippen LogP contribution in [0.3, 0.4) is 0 Å². The van der Waals surface area contributed by atoms with E-state index in [1.165, 1.54) is 6.26 Å². The molecular weight excluding hydrogens is 224 g/mol. The van der Waals surface area contributed by atoms with Crippen LogP contribution in [0.4, 0.5) is 0 Å². The minimum Gasteiger partial charge on any atom is -0.264 e. The molecule has 0 fully saturated rings. The van der Waals surface area contributed by atoms with Crippen molar-refractivity contribution in [1.29, 1.82) is 0 Å². The molecule has 90 valence electrons. The Labute approximate surface area is 97.2 Å². The maximum absolute atomic E-state index is 11.2. The SMILES string of the molecule is CCCCC(NS(C)(=O)=O)c1cccnc1. The lowest BCUT2D eigenvalue weighted by Gasteiger charge is -2.17. The number of nitrogens with zero attached hydrogens (tertiary/aromatic N) is 1. The Bertz CT molecular complexity index is 403. The molecule has 1 atom stereocenters. The maximum Gasteiger partial charge on any atom is 0.209 e. The van der Waals surface area contributed by atoms with Gasteiger partial charge in [0.25, 0.3) is 0 Å². The van der Waals surface area contributed by atoms with Gasteiger partial charge in [-0.25, -0.2) is 13.1 Å². The Hall–Kier alpha value is -0.940. The fourth-order valence-electron chi connectivity index (χ4n) is 1.54. The summed E-state index contributed by atoms with van der Waals surface area (Å²) >= 11 is 0. The van der Waals surface area contributed by atoms with Crippen LogP contribution in [0, 0.1) is 0 Å². The number of aromatic nitrogens is 1. The summed E-state index contributed by atoms with van der Waals surface area (Å²) in [5.41, 5.74) is 0.918. The summed E-state index contributed by atoms with van der Waals surface area (Å²) in [7, 11) is -3.18. The van der Waals surface area contributed by atoms with E-state index in [1.807, 2.05) is 12.1 Å². The first-order valence-electron chi connectivity index (χ1n) is 5.40. The highest BCUT2D eigenvalue weighted by Crippen LogP contribution is 2.18. The van der Waals surface area contributed by atoms with Gasteiger partial charge in [-0.3, -0.25) is 4.98 Å². The van der Waals surface area contributed by atoms with Crippen molar-refractivity contribution in [2.24, 2.45) is 0 Å². The third-order valence-electron chi connectivity index (χ3n) is 2.29. The van der Waals surface area contributed by atoms with Crippen LogP contribution in [0.1, 0.15) is 37.8 Å². The van der Waals surface area contributed by atoms with Gasteiger partial charge in [-0.05, 0) is 18.1 Å². The second-order valence-corrected chi connectivity index (χ2v) is 5.65. The number of unbranched alkanes of at least 4 members (excludes halogenated alkanes) is 1. The first kappa shape index (κ1) is 13.1. The zero-order chi connectivity index (χ0) is 12.0. The standard InChI is InChI=1S/C11H18N2O2S/c1-3-4-7-11(13-16(2,14)15)10-6-5-8-12-9-10/h5-6,8-9,11,13H,3-4,7H2,1-2H3. The van der Waals surface area contributed by atoms with E-state index in [4.69, 9.17) is 0 Å². The topological polar surface area (TPSA) is 59.1 Å². The number of hydrogen-bond acceptors (Lipinski definition) is 3.